The number of hydrogen-bond acceptors (Lipinski definition) is 3. The number of nitrogens with one attached hydrogen (secondary N) is 1. The molecule has 0 spiro atoms. The van der Waals surface area contributed by atoms with Crippen LogP contribution in [0.1, 0.15) is 29.9 Å². The smallest absolute Gasteiger partial charge is 0.261 e. The Balaban J connectivity index is 2.61. The van der Waals surface area contributed by atoms with Gasteiger partial charge >= 0.3 is 0 Å². The lowest BCUT2D eigenvalue weighted by Gasteiger charge is -2.20. The molecule has 16 heavy (non-hydrogen) atoms. The maximum atomic E-state index is 11.8. The highest BCUT2D eigenvalue weighted by atomic mass is 35.5. The molecule has 1 aromatic heterocycles. The van der Waals surface area contributed by atoms with E-state index in [1.807, 2.05) is 13.8 Å². The van der Waals surface area contributed by atoms with E-state index in [0.717, 1.165) is 0 Å². The Bertz CT molecular complexity index is 352. The fraction of sp³-hybridized carbons (Fsp3) is 0.545. The molecule has 1 aromatic rings. The SMILES string of the molecule is CC(C)C(CCO)NC(=O)c1ccc(Cl)s1. The number of hydrogen-bond donors (Lipinski definition) is 2. The Morgan fingerprint density at radius 3 is 2.69 bits per heavy atom. The highest BCUT2D eigenvalue weighted by molar-refractivity contribution is 7.17. The number of aliphatic hydroxyl groups is 1. The van der Waals surface area contributed by atoms with Crippen LogP contribution < -0.4 is 5.32 Å². The Kier molecular flexibility index (Phi) is 5.25. The standard InChI is InChI=1S/C11H16ClNO2S/c1-7(2)8(5-6-14)13-11(15)9-3-4-10(12)16-9/h3-4,7-8,14H,5-6H2,1-2H3,(H,13,15). The third kappa shape index (κ3) is 3.77. The molecule has 0 aromatic carbocycles. The van der Waals surface area contributed by atoms with Crippen molar-refractivity contribution in [3.05, 3.63) is 21.3 Å². The number of rotatable bonds is 5. The molecule has 0 saturated heterocycles. The van der Waals surface area contributed by atoms with Crippen molar-refractivity contribution in [2.45, 2.75) is 26.3 Å². The van der Waals surface area contributed by atoms with Gasteiger partial charge in [-0.15, -0.1) is 11.3 Å². The van der Waals surface area contributed by atoms with Crippen LogP contribution >= 0.6 is 22.9 Å². The van der Waals surface area contributed by atoms with E-state index in [1.165, 1.54) is 11.3 Å². The Labute approximate surface area is 104 Å². The second-order valence-corrected chi connectivity index (χ2v) is 5.66. The summed E-state index contributed by atoms with van der Waals surface area (Å²) in [6.07, 6.45) is 0.572. The molecule has 2 N–H and O–H groups in total. The lowest BCUT2D eigenvalue weighted by Crippen LogP contribution is -2.38. The van der Waals surface area contributed by atoms with Crippen molar-refractivity contribution in [3.63, 3.8) is 0 Å². The predicted molar refractivity (Wildman–Crippen MR) is 67.1 cm³/mol. The van der Waals surface area contributed by atoms with Gasteiger partial charge in [0.25, 0.3) is 5.91 Å². The Hall–Kier alpha value is -0.580. The number of halogens is 1. The summed E-state index contributed by atoms with van der Waals surface area (Å²) in [6, 6.07) is 3.41. The highest BCUT2D eigenvalue weighted by Gasteiger charge is 2.17. The molecule has 3 nitrogen and oxygen atoms in total. The summed E-state index contributed by atoms with van der Waals surface area (Å²) in [6.45, 7) is 4.11. The quantitative estimate of drug-likeness (QED) is 0.856. The number of carbonyl (C=O) groups is 1. The zero-order valence-corrected chi connectivity index (χ0v) is 10.9. The van der Waals surface area contributed by atoms with Gasteiger partial charge in [0.05, 0.1) is 9.21 Å². The molecule has 0 radical (unpaired) electrons. The van der Waals surface area contributed by atoms with Gasteiger partial charge in [-0.1, -0.05) is 25.4 Å². The summed E-state index contributed by atoms with van der Waals surface area (Å²) in [4.78, 5) is 12.4. The van der Waals surface area contributed by atoms with Gasteiger partial charge in [0.15, 0.2) is 0 Å². The first-order valence-corrected chi connectivity index (χ1v) is 6.41. The zero-order chi connectivity index (χ0) is 12.1. The summed E-state index contributed by atoms with van der Waals surface area (Å²) < 4.78 is 0.605. The van der Waals surface area contributed by atoms with E-state index in [-0.39, 0.29) is 18.6 Å². The summed E-state index contributed by atoms with van der Waals surface area (Å²) in [5, 5.41) is 11.8. The van der Waals surface area contributed by atoms with E-state index in [1.54, 1.807) is 12.1 Å². The molecule has 90 valence electrons. The van der Waals surface area contributed by atoms with E-state index in [2.05, 4.69) is 5.32 Å². The molecule has 5 heteroatoms. The number of thiophene rings is 1. The summed E-state index contributed by atoms with van der Waals surface area (Å²) >= 11 is 7.02. The van der Waals surface area contributed by atoms with Gasteiger partial charge in [-0.25, -0.2) is 0 Å². The maximum absolute atomic E-state index is 11.8. The summed E-state index contributed by atoms with van der Waals surface area (Å²) in [5.74, 6) is 0.176. The van der Waals surface area contributed by atoms with Gasteiger partial charge in [0.1, 0.15) is 0 Å². The normalized spacial score (nSPS) is 12.8. The minimum absolute atomic E-state index is 0.00150. The van der Waals surface area contributed by atoms with E-state index in [4.69, 9.17) is 16.7 Å². The van der Waals surface area contributed by atoms with Crippen molar-refractivity contribution < 1.29 is 9.90 Å². The van der Waals surface area contributed by atoms with E-state index < -0.39 is 0 Å². The van der Waals surface area contributed by atoms with Gasteiger partial charge < -0.3 is 10.4 Å². The van der Waals surface area contributed by atoms with Gasteiger partial charge in [-0.2, -0.15) is 0 Å². The minimum atomic E-state index is -0.121. The first-order valence-electron chi connectivity index (χ1n) is 5.21. The highest BCUT2D eigenvalue weighted by Crippen LogP contribution is 2.21. The van der Waals surface area contributed by atoms with Crippen molar-refractivity contribution in [2.24, 2.45) is 5.92 Å². The first-order chi connectivity index (χ1) is 7.54. The Morgan fingerprint density at radius 2 is 2.25 bits per heavy atom. The van der Waals surface area contributed by atoms with Gasteiger partial charge in [-0.05, 0) is 24.5 Å². The average molecular weight is 262 g/mol. The van der Waals surface area contributed by atoms with Crippen molar-refractivity contribution in [3.8, 4) is 0 Å². The molecule has 0 aliphatic rings. The largest absolute Gasteiger partial charge is 0.396 e. The van der Waals surface area contributed by atoms with Crippen LogP contribution in [0.5, 0.6) is 0 Å². The first kappa shape index (κ1) is 13.5. The molecule has 1 unspecified atom stereocenters. The Morgan fingerprint density at radius 1 is 1.56 bits per heavy atom. The van der Waals surface area contributed by atoms with Crippen LogP contribution in [-0.2, 0) is 0 Å². The van der Waals surface area contributed by atoms with E-state index in [9.17, 15) is 4.79 Å². The average Bonchev–Trinajstić information content (AvgIpc) is 2.64. The molecule has 0 saturated carbocycles. The van der Waals surface area contributed by atoms with Gasteiger partial charge in [0.2, 0.25) is 0 Å². The molecular weight excluding hydrogens is 246 g/mol. The topological polar surface area (TPSA) is 49.3 Å². The van der Waals surface area contributed by atoms with Crippen molar-refractivity contribution in [2.75, 3.05) is 6.61 Å². The monoisotopic (exact) mass is 261 g/mol. The molecule has 0 aliphatic heterocycles. The van der Waals surface area contributed by atoms with Crippen LogP contribution in [0.2, 0.25) is 4.34 Å². The minimum Gasteiger partial charge on any atom is -0.396 e. The van der Waals surface area contributed by atoms with Crippen LogP contribution in [0.25, 0.3) is 0 Å². The fourth-order valence-corrected chi connectivity index (χ4v) is 2.33. The second kappa shape index (κ2) is 6.23. The molecule has 1 amide bonds. The predicted octanol–water partition coefficient (Wildman–Crippen LogP) is 2.54. The van der Waals surface area contributed by atoms with Gasteiger partial charge in [-0.3, -0.25) is 4.79 Å². The van der Waals surface area contributed by atoms with Crippen LogP contribution in [0, 0.1) is 5.92 Å². The van der Waals surface area contributed by atoms with Crippen molar-refractivity contribution >= 4 is 28.8 Å². The number of amides is 1. The number of carbonyl (C=O) groups excluding carboxylic acids is 1. The molecule has 1 rings (SSSR count). The van der Waals surface area contributed by atoms with Crippen LogP contribution in [0.4, 0.5) is 0 Å². The van der Waals surface area contributed by atoms with Crippen LogP contribution in [-0.4, -0.2) is 23.7 Å². The lowest BCUT2D eigenvalue weighted by atomic mass is 10.0. The molecule has 1 heterocycles. The molecule has 0 fully saturated rings. The number of aliphatic hydroxyl groups excluding tert-OH is 1. The lowest BCUT2D eigenvalue weighted by molar-refractivity contribution is 0.0921. The summed E-state index contributed by atoms with van der Waals surface area (Å²) in [5.41, 5.74) is 0. The molecule has 0 bridgehead atoms. The molecule has 1 atom stereocenters. The molecule has 0 aliphatic carbocycles. The maximum Gasteiger partial charge on any atom is 0.261 e. The van der Waals surface area contributed by atoms with Crippen molar-refractivity contribution in [1.29, 1.82) is 0 Å². The van der Waals surface area contributed by atoms with E-state index >= 15 is 0 Å². The van der Waals surface area contributed by atoms with Gasteiger partial charge in [0, 0.05) is 12.6 Å². The van der Waals surface area contributed by atoms with Crippen molar-refractivity contribution in [1.82, 2.24) is 5.32 Å². The second-order valence-electron chi connectivity index (χ2n) is 3.94. The van der Waals surface area contributed by atoms with E-state index in [0.29, 0.717) is 21.6 Å². The molecular formula is C11H16ClNO2S. The summed E-state index contributed by atoms with van der Waals surface area (Å²) in [7, 11) is 0. The third-order valence-electron chi connectivity index (χ3n) is 2.36. The fourth-order valence-electron chi connectivity index (χ4n) is 1.39. The van der Waals surface area contributed by atoms with Crippen LogP contribution in [0.15, 0.2) is 12.1 Å². The van der Waals surface area contributed by atoms with Crippen LogP contribution in [0.3, 0.4) is 0 Å². The third-order valence-corrected chi connectivity index (χ3v) is 3.59. The zero-order valence-electron chi connectivity index (χ0n) is 9.37.